The Morgan fingerprint density at radius 2 is 1.93 bits per heavy atom. The predicted molar refractivity (Wildman–Crippen MR) is 102 cm³/mol. The summed E-state index contributed by atoms with van der Waals surface area (Å²) in [6, 6.07) is 5.41. The normalized spacial score (nSPS) is 19.6. The van der Waals surface area contributed by atoms with Crippen LogP contribution in [0.3, 0.4) is 0 Å². The maximum atomic E-state index is 14.2. The summed E-state index contributed by atoms with van der Waals surface area (Å²) in [4.78, 5) is 16.7. The molecular formula is C19H16F5N3OS. The van der Waals surface area contributed by atoms with E-state index in [2.05, 4.69) is 10.3 Å². The molecule has 0 saturated heterocycles. The van der Waals surface area contributed by atoms with Gasteiger partial charge < -0.3 is 11.1 Å². The number of hydrogen-bond acceptors (Lipinski definition) is 4. The lowest BCUT2D eigenvalue weighted by Gasteiger charge is -2.30. The molecule has 0 bridgehead atoms. The predicted octanol–water partition coefficient (Wildman–Crippen LogP) is 4.90. The van der Waals surface area contributed by atoms with Crippen molar-refractivity contribution in [2.24, 2.45) is 10.7 Å². The third-order valence-corrected chi connectivity index (χ3v) is 5.31. The van der Waals surface area contributed by atoms with Crippen LogP contribution in [-0.4, -0.2) is 16.8 Å². The molecule has 1 aliphatic rings. The van der Waals surface area contributed by atoms with Crippen molar-refractivity contribution in [1.29, 1.82) is 0 Å². The van der Waals surface area contributed by atoms with E-state index in [1.54, 1.807) is 6.92 Å². The first-order valence-corrected chi connectivity index (χ1v) is 9.44. The molecule has 1 unspecified atom stereocenters. The molecular weight excluding hydrogens is 413 g/mol. The van der Waals surface area contributed by atoms with E-state index in [0.717, 1.165) is 6.07 Å². The summed E-state index contributed by atoms with van der Waals surface area (Å²) in [5, 5.41) is 2.59. The van der Waals surface area contributed by atoms with Crippen LogP contribution in [0, 0.1) is 11.6 Å². The summed E-state index contributed by atoms with van der Waals surface area (Å²) in [6.45, 7) is 1.81. The summed E-state index contributed by atoms with van der Waals surface area (Å²) in [5.74, 6) is -2.39. The van der Waals surface area contributed by atoms with Gasteiger partial charge >= 0.3 is 6.18 Å². The van der Waals surface area contributed by atoms with E-state index in [0.29, 0.717) is 35.0 Å². The molecule has 10 heteroatoms. The molecule has 1 amide bonds. The molecule has 1 aliphatic heterocycles. The number of halogens is 5. The minimum absolute atomic E-state index is 0.251. The first kappa shape index (κ1) is 21.1. The van der Waals surface area contributed by atoms with Crippen molar-refractivity contribution in [1.82, 2.24) is 0 Å². The number of nitrogens with two attached hydrogens (primary N) is 1. The summed E-state index contributed by atoms with van der Waals surface area (Å²) in [6.07, 6.45) is -4.20. The summed E-state index contributed by atoms with van der Waals surface area (Å²) < 4.78 is 66.3. The Labute approximate surface area is 167 Å². The number of alkyl halides is 3. The Morgan fingerprint density at radius 1 is 1.21 bits per heavy atom. The minimum atomic E-state index is -4.83. The molecule has 0 saturated carbocycles. The number of amidine groups is 1. The molecule has 2 aromatic carbocycles. The van der Waals surface area contributed by atoms with Gasteiger partial charge in [-0.05, 0) is 49.2 Å². The first-order chi connectivity index (χ1) is 13.5. The lowest BCUT2D eigenvalue weighted by molar-refractivity contribution is -0.137. The Kier molecular flexibility index (Phi) is 5.57. The summed E-state index contributed by atoms with van der Waals surface area (Å²) in [7, 11) is 0. The second-order valence-electron chi connectivity index (χ2n) is 6.70. The molecule has 0 aromatic heterocycles. The third kappa shape index (κ3) is 4.69. The molecule has 3 rings (SSSR count). The van der Waals surface area contributed by atoms with Crippen molar-refractivity contribution >= 4 is 28.5 Å². The number of hydrogen-bond donors (Lipinski definition) is 2. The van der Waals surface area contributed by atoms with Crippen LogP contribution in [-0.2, 0) is 11.7 Å². The Morgan fingerprint density at radius 3 is 2.59 bits per heavy atom. The number of aliphatic imine (C=N–C) groups is 1. The third-order valence-electron chi connectivity index (χ3n) is 4.52. The molecule has 0 aliphatic carbocycles. The molecule has 0 fully saturated rings. The average molecular weight is 429 g/mol. The zero-order valence-electron chi connectivity index (χ0n) is 15.1. The zero-order valence-corrected chi connectivity index (χ0v) is 15.9. The van der Waals surface area contributed by atoms with Crippen molar-refractivity contribution in [3.8, 4) is 0 Å². The van der Waals surface area contributed by atoms with Gasteiger partial charge in [0.05, 0.1) is 16.8 Å². The smallest absolute Gasteiger partial charge is 0.379 e. The van der Waals surface area contributed by atoms with Gasteiger partial charge in [0.1, 0.15) is 11.6 Å². The standard InChI is InChI=1S/C19H16F5N3OS/c1-18(4-5-29-17(25)27-18)11-2-3-14(21)15(9-11)26-16(28)10-6-12(19(22,23)24)8-13(20)7-10/h2-3,6-9H,4-5H2,1H3,(H2,25,27)(H,26,28). The maximum Gasteiger partial charge on any atom is 0.416 e. The van der Waals surface area contributed by atoms with Crippen molar-refractivity contribution in [2.75, 3.05) is 11.1 Å². The van der Waals surface area contributed by atoms with Gasteiger partial charge in [0.15, 0.2) is 5.17 Å². The number of nitrogens with one attached hydrogen (secondary N) is 1. The number of rotatable bonds is 3. The number of thioether (sulfide) groups is 1. The molecule has 0 radical (unpaired) electrons. The van der Waals surface area contributed by atoms with Gasteiger partial charge in [0.2, 0.25) is 0 Å². The largest absolute Gasteiger partial charge is 0.416 e. The van der Waals surface area contributed by atoms with Crippen molar-refractivity contribution in [2.45, 2.75) is 25.1 Å². The highest BCUT2D eigenvalue weighted by Crippen LogP contribution is 2.36. The zero-order chi connectivity index (χ0) is 21.4. The van der Waals surface area contributed by atoms with E-state index < -0.39 is 40.4 Å². The maximum absolute atomic E-state index is 14.2. The highest BCUT2D eigenvalue weighted by atomic mass is 32.2. The number of carbonyl (C=O) groups is 1. The van der Waals surface area contributed by atoms with Gasteiger partial charge in [-0.25, -0.2) is 8.78 Å². The molecule has 2 aromatic rings. The fourth-order valence-electron chi connectivity index (χ4n) is 2.93. The van der Waals surface area contributed by atoms with Gasteiger partial charge in [-0.1, -0.05) is 17.8 Å². The fourth-order valence-corrected chi connectivity index (χ4v) is 3.90. The van der Waals surface area contributed by atoms with E-state index in [1.807, 2.05) is 0 Å². The molecule has 154 valence electrons. The van der Waals surface area contributed by atoms with Gasteiger partial charge in [0.25, 0.3) is 5.91 Å². The van der Waals surface area contributed by atoms with Crippen LogP contribution >= 0.6 is 11.8 Å². The fraction of sp³-hybridized carbons (Fsp3) is 0.263. The second-order valence-corrected chi connectivity index (χ2v) is 7.81. The van der Waals surface area contributed by atoms with Gasteiger partial charge in [-0.3, -0.25) is 9.79 Å². The van der Waals surface area contributed by atoms with Crippen LogP contribution < -0.4 is 11.1 Å². The molecule has 4 nitrogen and oxygen atoms in total. The van der Waals surface area contributed by atoms with E-state index in [9.17, 15) is 26.7 Å². The monoisotopic (exact) mass is 429 g/mol. The van der Waals surface area contributed by atoms with Crippen LogP contribution in [0.25, 0.3) is 0 Å². The quantitative estimate of drug-likeness (QED) is 0.682. The lowest BCUT2D eigenvalue weighted by atomic mass is 9.89. The topological polar surface area (TPSA) is 67.5 Å². The highest BCUT2D eigenvalue weighted by molar-refractivity contribution is 8.13. The van der Waals surface area contributed by atoms with E-state index in [-0.39, 0.29) is 11.8 Å². The van der Waals surface area contributed by atoms with Crippen LogP contribution in [0.15, 0.2) is 41.4 Å². The summed E-state index contributed by atoms with van der Waals surface area (Å²) in [5.41, 5.74) is 3.48. The van der Waals surface area contributed by atoms with Crippen LogP contribution in [0.5, 0.6) is 0 Å². The molecule has 29 heavy (non-hydrogen) atoms. The van der Waals surface area contributed by atoms with E-state index in [1.165, 1.54) is 23.9 Å². The van der Waals surface area contributed by atoms with E-state index in [4.69, 9.17) is 5.73 Å². The van der Waals surface area contributed by atoms with Gasteiger partial charge in [-0.2, -0.15) is 13.2 Å². The molecule has 1 heterocycles. The number of benzene rings is 2. The van der Waals surface area contributed by atoms with Gasteiger partial charge in [-0.15, -0.1) is 0 Å². The Hall–Kier alpha value is -2.62. The number of amides is 1. The minimum Gasteiger partial charge on any atom is -0.379 e. The molecule has 1 atom stereocenters. The number of carbonyl (C=O) groups excluding carboxylic acids is 1. The number of nitrogens with zero attached hydrogens (tertiary/aromatic N) is 1. The highest BCUT2D eigenvalue weighted by Gasteiger charge is 2.32. The second kappa shape index (κ2) is 7.66. The van der Waals surface area contributed by atoms with Crippen LogP contribution in [0.2, 0.25) is 0 Å². The average Bonchev–Trinajstić information content (AvgIpc) is 2.62. The van der Waals surface area contributed by atoms with Crippen molar-refractivity contribution in [3.63, 3.8) is 0 Å². The summed E-state index contributed by atoms with van der Waals surface area (Å²) >= 11 is 1.39. The Balaban J connectivity index is 1.92. The van der Waals surface area contributed by atoms with Crippen LogP contribution in [0.1, 0.15) is 34.8 Å². The number of anilines is 1. The van der Waals surface area contributed by atoms with Crippen molar-refractivity contribution < 1.29 is 26.7 Å². The Bertz CT molecular complexity index is 992. The van der Waals surface area contributed by atoms with Crippen LogP contribution in [0.4, 0.5) is 27.6 Å². The molecule has 0 spiro atoms. The first-order valence-electron chi connectivity index (χ1n) is 8.45. The lowest BCUT2D eigenvalue weighted by Crippen LogP contribution is -2.29. The SMILES string of the molecule is CC1(c2ccc(F)c(NC(=O)c3cc(F)cc(C(F)(F)F)c3)c2)CCSC(N)=N1. The van der Waals surface area contributed by atoms with Gasteiger partial charge in [0, 0.05) is 11.3 Å². The van der Waals surface area contributed by atoms with Crippen molar-refractivity contribution in [3.05, 3.63) is 64.7 Å². The van der Waals surface area contributed by atoms with E-state index >= 15 is 0 Å². The molecule has 3 N–H and O–H groups in total.